The Bertz CT molecular complexity index is 317. The van der Waals surface area contributed by atoms with Crippen molar-refractivity contribution >= 4 is 17.8 Å². The molecule has 110 valence electrons. The zero-order valence-corrected chi connectivity index (χ0v) is 10.1. The molecule has 0 bridgehead atoms. The van der Waals surface area contributed by atoms with Crippen molar-refractivity contribution in [1.29, 1.82) is 0 Å². The average molecular weight is 279 g/mol. The predicted octanol–water partition coefficient (Wildman–Crippen LogP) is -3.57. The molecule has 0 spiro atoms. The Morgan fingerprint density at radius 1 is 1.05 bits per heavy atom. The lowest BCUT2D eigenvalue weighted by Crippen LogP contribution is -2.55. The van der Waals surface area contributed by atoms with Crippen LogP contribution in [0, 0.1) is 0 Å². The van der Waals surface area contributed by atoms with E-state index in [1.165, 1.54) is 5.01 Å². The van der Waals surface area contributed by atoms with Gasteiger partial charge in [0.15, 0.2) is 0 Å². The summed E-state index contributed by atoms with van der Waals surface area (Å²) in [5.41, 5.74) is 2.46. The second-order valence-corrected chi connectivity index (χ2v) is 3.47. The maximum Gasteiger partial charge on any atom is 0.394 e. The van der Waals surface area contributed by atoms with E-state index in [0.717, 1.165) is 0 Å². The van der Waals surface area contributed by atoms with E-state index in [2.05, 4.69) is 5.43 Å². The minimum atomic E-state index is -1.72. The zero-order valence-electron chi connectivity index (χ0n) is 10.1. The molecule has 19 heavy (non-hydrogen) atoms. The first-order valence-electron chi connectivity index (χ1n) is 5.39. The number of hydrogen-bond donors (Lipinski definition) is 6. The summed E-state index contributed by atoms with van der Waals surface area (Å²) in [5.74, 6) is -4.35. The van der Waals surface area contributed by atoms with E-state index < -0.39 is 30.4 Å². The summed E-state index contributed by atoms with van der Waals surface area (Å²) in [6, 6.07) is -1.28. The van der Waals surface area contributed by atoms with Crippen LogP contribution in [0.4, 0.5) is 0 Å². The van der Waals surface area contributed by atoms with Crippen LogP contribution in [-0.4, -0.2) is 82.2 Å². The molecule has 0 aliphatic carbocycles. The van der Waals surface area contributed by atoms with Gasteiger partial charge in [0.25, 0.3) is 0 Å². The van der Waals surface area contributed by atoms with Crippen LogP contribution in [0.2, 0.25) is 0 Å². The number of carboxylic acids is 2. The van der Waals surface area contributed by atoms with Crippen molar-refractivity contribution in [3.8, 4) is 0 Å². The molecule has 0 rings (SSSR count). The first-order valence-corrected chi connectivity index (χ1v) is 5.39. The monoisotopic (exact) mass is 279 g/mol. The number of amides is 1. The number of hydrogen-bond acceptors (Lipinski definition) is 7. The van der Waals surface area contributed by atoms with E-state index >= 15 is 0 Å². The van der Waals surface area contributed by atoms with Crippen molar-refractivity contribution in [3.05, 3.63) is 0 Å². The highest BCUT2D eigenvalue weighted by Gasteiger charge is 2.22. The lowest BCUT2D eigenvalue weighted by Gasteiger charge is -2.25. The van der Waals surface area contributed by atoms with E-state index in [1.807, 2.05) is 5.32 Å². The fourth-order valence-corrected chi connectivity index (χ4v) is 1.16. The van der Waals surface area contributed by atoms with E-state index in [4.69, 9.17) is 20.4 Å². The summed E-state index contributed by atoms with van der Waals surface area (Å²) in [6.07, 6.45) is 0. The third-order valence-corrected chi connectivity index (χ3v) is 2.04. The molecule has 6 N–H and O–H groups in total. The molecule has 0 fully saturated rings. The van der Waals surface area contributed by atoms with Crippen molar-refractivity contribution in [2.24, 2.45) is 0 Å². The number of aliphatic carboxylic acids is 2. The summed E-state index contributed by atoms with van der Waals surface area (Å²) in [4.78, 5) is 31.9. The maximum atomic E-state index is 10.9. The Hall–Kier alpha value is -1.75. The lowest BCUT2D eigenvalue weighted by molar-refractivity contribution is -0.150. The number of carbonyl (C=O) groups is 3. The van der Waals surface area contributed by atoms with Gasteiger partial charge >= 0.3 is 17.8 Å². The molecule has 0 aliphatic rings. The molecular formula is C9H17N3O7. The molecule has 1 atom stereocenters. The normalized spacial score (nSPS) is 12.2. The third-order valence-electron chi connectivity index (χ3n) is 2.04. The van der Waals surface area contributed by atoms with Gasteiger partial charge in [-0.3, -0.25) is 9.59 Å². The second kappa shape index (κ2) is 9.22. The standard InChI is InChI=1S/C9H17N3O7/c13-3-1-12(2-4-14)11-6(8(16)17)5-10-7(15)9(18)19/h6,11,13-14H,1-5H2,(H,10,15)(H,16,17)(H,18,19)/t6-/m0/s1. The highest BCUT2D eigenvalue weighted by molar-refractivity contribution is 6.31. The number of carboxylic acid groups (broad SMARTS) is 2. The fraction of sp³-hybridized carbons (Fsp3) is 0.667. The minimum absolute atomic E-state index is 0.0667. The Morgan fingerprint density at radius 2 is 1.58 bits per heavy atom. The number of nitrogens with zero attached hydrogens (tertiary/aromatic N) is 1. The summed E-state index contributed by atoms with van der Waals surface area (Å²) < 4.78 is 0. The SMILES string of the molecule is O=C(O)C(=O)NC[C@H](NN(CCO)CCO)C(=O)O. The van der Waals surface area contributed by atoms with E-state index in [-0.39, 0.29) is 26.3 Å². The van der Waals surface area contributed by atoms with Gasteiger partial charge in [-0.25, -0.2) is 15.2 Å². The van der Waals surface area contributed by atoms with Gasteiger partial charge in [-0.1, -0.05) is 0 Å². The first-order chi connectivity index (χ1) is 8.92. The van der Waals surface area contributed by atoms with Crippen LogP contribution in [0.25, 0.3) is 0 Å². The van der Waals surface area contributed by atoms with E-state index in [1.54, 1.807) is 0 Å². The van der Waals surface area contributed by atoms with Crippen molar-refractivity contribution in [2.75, 3.05) is 32.8 Å². The van der Waals surface area contributed by atoms with Gasteiger partial charge in [0, 0.05) is 19.6 Å². The van der Waals surface area contributed by atoms with Crippen molar-refractivity contribution in [1.82, 2.24) is 15.8 Å². The van der Waals surface area contributed by atoms with Crippen LogP contribution in [0.1, 0.15) is 0 Å². The average Bonchev–Trinajstić information content (AvgIpc) is 2.33. The summed E-state index contributed by atoms with van der Waals surface area (Å²) in [7, 11) is 0. The van der Waals surface area contributed by atoms with Crippen LogP contribution in [0.3, 0.4) is 0 Å². The summed E-state index contributed by atoms with van der Waals surface area (Å²) in [5, 5.41) is 37.9. The molecule has 0 aliphatic heterocycles. The van der Waals surface area contributed by atoms with Crippen molar-refractivity contribution < 1.29 is 34.8 Å². The largest absolute Gasteiger partial charge is 0.480 e. The number of hydrazine groups is 1. The molecule has 0 saturated carbocycles. The molecule has 10 nitrogen and oxygen atoms in total. The van der Waals surface area contributed by atoms with Crippen LogP contribution >= 0.6 is 0 Å². The number of rotatable bonds is 9. The van der Waals surface area contributed by atoms with Gasteiger partial charge in [0.05, 0.1) is 13.2 Å². The van der Waals surface area contributed by atoms with Gasteiger partial charge in [-0.2, -0.15) is 0 Å². The topological polar surface area (TPSA) is 159 Å². The highest BCUT2D eigenvalue weighted by atomic mass is 16.4. The second-order valence-electron chi connectivity index (χ2n) is 3.47. The van der Waals surface area contributed by atoms with Gasteiger partial charge in [-0.05, 0) is 0 Å². The molecule has 0 radical (unpaired) electrons. The van der Waals surface area contributed by atoms with Crippen LogP contribution in [-0.2, 0) is 14.4 Å². The number of aliphatic hydroxyl groups excluding tert-OH is 2. The van der Waals surface area contributed by atoms with E-state index in [9.17, 15) is 14.4 Å². The summed E-state index contributed by atoms with van der Waals surface area (Å²) >= 11 is 0. The molecule has 0 saturated heterocycles. The number of nitrogens with one attached hydrogen (secondary N) is 2. The Labute approximate surface area is 108 Å². The fourth-order valence-electron chi connectivity index (χ4n) is 1.16. The molecule has 0 aromatic rings. The number of aliphatic hydroxyl groups is 2. The zero-order chi connectivity index (χ0) is 14.8. The van der Waals surface area contributed by atoms with Crippen LogP contribution < -0.4 is 10.7 Å². The highest BCUT2D eigenvalue weighted by Crippen LogP contribution is 1.89. The van der Waals surface area contributed by atoms with Crippen molar-refractivity contribution in [2.45, 2.75) is 6.04 Å². The Morgan fingerprint density at radius 3 is 1.95 bits per heavy atom. The van der Waals surface area contributed by atoms with E-state index in [0.29, 0.717) is 0 Å². The molecule has 0 aromatic carbocycles. The van der Waals surface area contributed by atoms with Crippen LogP contribution in [0.5, 0.6) is 0 Å². The molecule has 1 amide bonds. The third kappa shape index (κ3) is 7.31. The molecular weight excluding hydrogens is 262 g/mol. The quantitative estimate of drug-likeness (QED) is 0.185. The van der Waals surface area contributed by atoms with Gasteiger partial charge < -0.3 is 25.7 Å². The van der Waals surface area contributed by atoms with Crippen LogP contribution in [0.15, 0.2) is 0 Å². The smallest absolute Gasteiger partial charge is 0.394 e. The Balaban J connectivity index is 4.42. The minimum Gasteiger partial charge on any atom is -0.480 e. The van der Waals surface area contributed by atoms with Crippen molar-refractivity contribution in [3.63, 3.8) is 0 Å². The van der Waals surface area contributed by atoms with Gasteiger partial charge in [0.1, 0.15) is 6.04 Å². The molecule has 0 heterocycles. The summed E-state index contributed by atoms with van der Waals surface area (Å²) in [6.45, 7) is -0.843. The van der Waals surface area contributed by atoms with Gasteiger partial charge in [-0.15, -0.1) is 0 Å². The Kier molecular flexibility index (Phi) is 8.37. The van der Waals surface area contributed by atoms with Gasteiger partial charge in [0.2, 0.25) is 0 Å². The first kappa shape index (κ1) is 17.2. The molecule has 0 unspecified atom stereocenters. The predicted molar refractivity (Wildman–Crippen MR) is 60.9 cm³/mol. The molecule has 0 aromatic heterocycles. The lowest BCUT2D eigenvalue weighted by atomic mass is 10.3. The molecule has 10 heteroatoms. The number of carbonyl (C=O) groups excluding carboxylic acids is 1. The maximum absolute atomic E-state index is 10.9.